The number of para-hydroxylation sites is 1. The molecule has 2 aromatic carbocycles. The molecule has 0 spiro atoms. The van der Waals surface area contributed by atoms with Gasteiger partial charge in [0, 0.05) is 28.6 Å². The van der Waals surface area contributed by atoms with Crippen molar-refractivity contribution >= 4 is 34.6 Å². The highest BCUT2D eigenvalue weighted by Gasteiger charge is 2.49. The molecule has 0 saturated carbocycles. The van der Waals surface area contributed by atoms with Crippen LogP contribution in [0.4, 0.5) is 0 Å². The minimum absolute atomic E-state index is 0.0610. The highest BCUT2D eigenvalue weighted by molar-refractivity contribution is 6.04. The monoisotopic (exact) mass is 530 g/mol. The summed E-state index contributed by atoms with van der Waals surface area (Å²) in [7, 11) is 0. The second-order valence-electron chi connectivity index (χ2n) is 11.2. The Kier molecular flexibility index (Phi) is 6.92. The number of hydrogen-bond acceptors (Lipinski definition) is 4. The fourth-order valence-electron chi connectivity index (χ4n) is 5.88. The molecule has 5 rings (SSSR count). The molecule has 3 amide bonds. The van der Waals surface area contributed by atoms with E-state index in [1.54, 1.807) is 24.8 Å². The van der Waals surface area contributed by atoms with E-state index in [1.165, 1.54) is 0 Å². The number of nitrogens with zero attached hydrogens (tertiary/aromatic N) is 1. The molecular formula is C30H34N4O5. The fourth-order valence-corrected chi connectivity index (χ4v) is 5.88. The van der Waals surface area contributed by atoms with Crippen LogP contribution in [0.2, 0.25) is 0 Å². The van der Waals surface area contributed by atoms with Crippen LogP contribution in [0.15, 0.2) is 48.5 Å². The van der Waals surface area contributed by atoms with Crippen molar-refractivity contribution in [2.45, 2.75) is 64.7 Å². The normalized spacial score (nSPS) is 19.4. The van der Waals surface area contributed by atoms with E-state index in [0.717, 1.165) is 27.7 Å². The molecule has 3 heterocycles. The predicted molar refractivity (Wildman–Crippen MR) is 146 cm³/mol. The fraction of sp³-hybridized carbons (Fsp3) is 0.400. The molecule has 9 heteroatoms. The van der Waals surface area contributed by atoms with E-state index in [2.05, 4.69) is 15.6 Å². The number of rotatable bonds is 8. The molecule has 0 saturated heterocycles. The molecule has 0 radical (unpaired) electrons. The van der Waals surface area contributed by atoms with Crippen molar-refractivity contribution in [3.8, 4) is 0 Å². The Bertz CT molecular complexity index is 1460. The molecule has 0 aliphatic carbocycles. The molecular weight excluding hydrogens is 496 g/mol. The van der Waals surface area contributed by atoms with Gasteiger partial charge in [-0.2, -0.15) is 0 Å². The SMILES string of the molecule is CC(C)C[C@@H](NC(=O)[C@@H](NC(=O)[C@@H]1Cc2c([nH]c3ccccc23)C2c3ccccc3C(=O)N21)C(C)C)C(=O)O. The lowest BCUT2D eigenvalue weighted by molar-refractivity contribution is -0.143. The summed E-state index contributed by atoms with van der Waals surface area (Å²) in [4.78, 5) is 57.6. The first kappa shape index (κ1) is 26.5. The molecule has 204 valence electrons. The Morgan fingerprint density at radius 1 is 1.03 bits per heavy atom. The van der Waals surface area contributed by atoms with Gasteiger partial charge in [0.25, 0.3) is 5.91 Å². The van der Waals surface area contributed by atoms with E-state index in [4.69, 9.17) is 0 Å². The number of carbonyl (C=O) groups excluding carboxylic acids is 3. The Morgan fingerprint density at radius 2 is 1.72 bits per heavy atom. The van der Waals surface area contributed by atoms with Crippen molar-refractivity contribution in [2.75, 3.05) is 0 Å². The maximum Gasteiger partial charge on any atom is 0.326 e. The van der Waals surface area contributed by atoms with Crippen LogP contribution in [0.3, 0.4) is 0 Å². The number of carboxylic acids is 1. The summed E-state index contributed by atoms with van der Waals surface area (Å²) < 4.78 is 0. The van der Waals surface area contributed by atoms with Gasteiger partial charge in [-0.15, -0.1) is 0 Å². The maximum absolute atomic E-state index is 13.9. The number of carbonyl (C=O) groups is 4. The van der Waals surface area contributed by atoms with E-state index < -0.39 is 42.0 Å². The van der Waals surface area contributed by atoms with Crippen molar-refractivity contribution in [1.29, 1.82) is 0 Å². The Morgan fingerprint density at radius 3 is 2.41 bits per heavy atom. The third-order valence-electron chi connectivity index (χ3n) is 7.72. The lowest BCUT2D eigenvalue weighted by atomic mass is 9.89. The molecule has 4 N–H and O–H groups in total. The maximum atomic E-state index is 13.9. The number of aromatic nitrogens is 1. The third-order valence-corrected chi connectivity index (χ3v) is 7.72. The molecule has 2 aliphatic rings. The number of amides is 3. The number of hydrogen-bond donors (Lipinski definition) is 4. The summed E-state index contributed by atoms with van der Waals surface area (Å²) in [6.45, 7) is 7.35. The molecule has 39 heavy (non-hydrogen) atoms. The second-order valence-corrected chi connectivity index (χ2v) is 11.2. The van der Waals surface area contributed by atoms with Crippen molar-refractivity contribution in [3.05, 3.63) is 70.9 Å². The summed E-state index contributed by atoms with van der Waals surface area (Å²) in [6, 6.07) is 11.9. The van der Waals surface area contributed by atoms with E-state index in [1.807, 2.05) is 56.3 Å². The lowest BCUT2D eigenvalue weighted by Gasteiger charge is -2.38. The van der Waals surface area contributed by atoms with Gasteiger partial charge in [0.15, 0.2) is 0 Å². The Hall–Kier alpha value is -4.14. The minimum Gasteiger partial charge on any atom is -0.480 e. The molecule has 0 fully saturated rings. The number of aromatic amines is 1. The number of nitrogens with one attached hydrogen (secondary N) is 3. The summed E-state index contributed by atoms with van der Waals surface area (Å²) >= 11 is 0. The van der Waals surface area contributed by atoms with Crippen LogP contribution in [-0.2, 0) is 20.8 Å². The number of carboxylic acid groups (broad SMARTS) is 1. The van der Waals surface area contributed by atoms with E-state index in [-0.39, 0.29) is 24.2 Å². The number of fused-ring (bicyclic) bond motifs is 7. The molecule has 1 aromatic heterocycles. The van der Waals surface area contributed by atoms with Gasteiger partial charge in [0.1, 0.15) is 18.1 Å². The van der Waals surface area contributed by atoms with Crippen LogP contribution in [0.5, 0.6) is 0 Å². The van der Waals surface area contributed by atoms with Gasteiger partial charge >= 0.3 is 5.97 Å². The van der Waals surface area contributed by atoms with Gasteiger partial charge in [-0.25, -0.2) is 4.79 Å². The summed E-state index contributed by atoms with van der Waals surface area (Å²) in [5.74, 6) is -2.59. The number of H-pyrrole nitrogens is 1. The van der Waals surface area contributed by atoms with E-state index >= 15 is 0 Å². The minimum atomic E-state index is -1.12. The van der Waals surface area contributed by atoms with Gasteiger partial charge in [-0.05, 0) is 41.5 Å². The van der Waals surface area contributed by atoms with Crippen molar-refractivity contribution in [2.24, 2.45) is 11.8 Å². The first-order chi connectivity index (χ1) is 18.6. The summed E-state index contributed by atoms with van der Waals surface area (Å²) in [6.07, 6.45) is 0.562. The molecule has 9 nitrogen and oxygen atoms in total. The van der Waals surface area contributed by atoms with Crippen LogP contribution in [-0.4, -0.2) is 56.8 Å². The van der Waals surface area contributed by atoms with Gasteiger partial charge < -0.3 is 25.6 Å². The third kappa shape index (κ3) is 4.66. The van der Waals surface area contributed by atoms with Gasteiger partial charge in [0.05, 0.1) is 6.04 Å². The van der Waals surface area contributed by atoms with E-state index in [9.17, 15) is 24.3 Å². The first-order valence-corrected chi connectivity index (χ1v) is 13.4. The van der Waals surface area contributed by atoms with E-state index in [0.29, 0.717) is 12.0 Å². The Labute approximate surface area is 227 Å². The summed E-state index contributed by atoms with van der Waals surface area (Å²) in [5.41, 5.74) is 4.20. The van der Waals surface area contributed by atoms with Crippen LogP contribution in [0.25, 0.3) is 10.9 Å². The van der Waals surface area contributed by atoms with Crippen molar-refractivity contribution < 1.29 is 24.3 Å². The predicted octanol–water partition coefficient (Wildman–Crippen LogP) is 3.39. The van der Waals surface area contributed by atoms with Gasteiger partial charge in [-0.3, -0.25) is 14.4 Å². The van der Waals surface area contributed by atoms with Crippen LogP contribution < -0.4 is 10.6 Å². The highest BCUT2D eigenvalue weighted by atomic mass is 16.4. The zero-order valence-electron chi connectivity index (χ0n) is 22.5. The summed E-state index contributed by atoms with van der Waals surface area (Å²) in [5, 5.41) is 16.1. The zero-order valence-corrected chi connectivity index (χ0v) is 22.5. The number of benzene rings is 2. The van der Waals surface area contributed by atoms with Gasteiger partial charge in [-0.1, -0.05) is 64.1 Å². The smallest absolute Gasteiger partial charge is 0.326 e. The molecule has 3 aromatic rings. The largest absolute Gasteiger partial charge is 0.480 e. The lowest BCUT2D eigenvalue weighted by Crippen LogP contribution is -2.59. The quantitative estimate of drug-likeness (QED) is 0.355. The van der Waals surface area contributed by atoms with Crippen LogP contribution in [0.1, 0.15) is 67.3 Å². The average molecular weight is 531 g/mol. The van der Waals surface area contributed by atoms with Gasteiger partial charge in [0.2, 0.25) is 11.8 Å². The second kappa shape index (κ2) is 10.2. The molecule has 2 aliphatic heterocycles. The molecule has 4 atom stereocenters. The van der Waals surface area contributed by atoms with Crippen molar-refractivity contribution in [3.63, 3.8) is 0 Å². The standard InChI is InChI=1S/C30H34N4O5/c1-15(2)13-22(30(38)39)32-28(36)24(16(3)4)33-27(35)23-14-20-17-9-7-8-12-21(17)31-25(20)26-18-10-5-6-11-19(18)29(37)34(23)26/h5-12,15-16,22-24,26,31H,13-14H2,1-4H3,(H,32,36)(H,33,35)(H,38,39)/t22-,23+,24+,26?/m1/s1. The Balaban J connectivity index is 1.48. The first-order valence-electron chi connectivity index (χ1n) is 13.4. The zero-order chi connectivity index (χ0) is 28.0. The van der Waals surface area contributed by atoms with Crippen LogP contribution in [0, 0.1) is 11.8 Å². The van der Waals surface area contributed by atoms with Crippen molar-refractivity contribution in [1.82, 2.24) is 20.5 Å². The van der Waals surface area contributed by atoms with Crippen LogP contribution >= 0.6 is 0 Å². The average Bonchev–Trinajstić information content (AvgIpc) is 3.41. The number of aliphatic carboxylic acids is 1. The molecule has 1 unspecified atom stereocenters. The molecule has 0 bridgehead atoms. The topological polar surface area (TPSA) is 132 Å². The highest BCUT2D eigenvalue weighted by Crippen LogP contribution is 2.46.